The third-order valence-corrected chi connectivity index (χ3v) is 6.24. The van der Waals surface area contributed by atoms with Crippen molar-refractivity contribution in [3.8, 4) is 5.75 Å². The van der Waals surface area contributed by atoms with Crippen molar-refractivity contribution in [2.75, 3.05) is 6.61 Å². The van der Waals surface area contributed by atoms with E-state index in [1.807, 2.05) is 55.5 Å². The van der Waals surface area contributed by atoms with E-state index in [-0.39, 0.29) is 9.80 Å². The van der Waals surface area contributed by atoms with Crippen LogP contribution in [0.15, 0.2) is 83.8 Å². The van der Waals surface area contributed by atoms with Crippen LogP contribution < -0.4 is 4.74 Å². The largest absolute Gasteiger partial charge is 0.494 e. The van der Waals surface area contributed by atoms with Crippen molar-refractivity contribution in [3.63, 3.8) is 0 Å². The number of benzene rings is 3. The minimum Gasteiger partial charge on any atom is -0.494 e. The molecule has 29 heavy (non-hydrogen) atoms. The Morgan fingerprint density at radius 2 is 1.66 bits per heavy atom. The first-order valence-corrected chi connectivity index (χ1v) is 10.8. The smallest absolute Gasteiger partial charge is 0.210 e. The highest BCUT2D eigenvalue weighted by Crippen LogP contribution is 2.30. The summed E-state index contributed by atoms with van der Waals surface area (Å²) in [5.41, 5.74) is 2.23. The van der Waals surface area contributed by atoms with Gasteiger partial charge in [0.15, 0.2) is 0 Å². The molecule has 0 aliphatic heterocycles. The number of hydrogen-bond donors (Lipinski definition) is 1. The highest BCUT2D eigenvalue weighted by Gasteiger charge is 2.25. The summed E-state index contributed by atoms with van der Waals surface area (Å²) in [5, 5.41) is 0. The number of fused-ring (bicyclic) bond motifs is 1. The molecule has 0 bridgehead atoms. The van der Waals surface area contributed by atoms with Crippen LogP contribution in [0.4, 0.5) is 0 Å². The summed E-state index contributed by atoms with van der Waals surface area (Å²) in [6.45, 7) is 2.49. The predicted octanol–water partition coefficient (Wildman–Crippen LogP) is 4.93. The van der Waals surface area contributed by atoms with Crippen molar-refractivity contribution in [3.05, 3.63) is 90.3 Å². The lowest BCUT2D eigenvalue weighted by molar-refractivity contribution is 0.340. The van der Waals surface area contributed by atoms with E-state index in [2.05, 4.69) is 9.97 Å². The van der Waals surface area contributed by atoms with E-state index in [0.29, 0.717) is 17.9 Å². The summed E-state index contributed by atoms with van der Waals surface area (Å²) in [5.74, 6) is 1.05. The van der Waals surface area contributed by atoms with Crippen molar-refractivity contribution in [1.29, 1.82) is 0 Å². The average Bonchev–Trinajstić information content (AvgIpc) is 3.17. The number of imidazole rings is 1. The molecule has 1 heterocycles. The molecule has 0 atom stereocenters. The van der Waals surface area contributed by atoms with Gasteiger partial charge < -0.3 is 9.72 Å². The Morgan fingerprint density at radius 1 is 0.966 bits per heavy atom. The van der Waals surface area contributed by atoms with Gasteiger partial charge in [0.1, 0.15) is 16.5 Å². The Morgan fingerprint density at radius 3 is 2.34 bits per heavy atom. The number of ether oxygens (including phenoxy) is 1. The average molecular weight is 404 g/mol. The molecule has 4 aromatic rings. The van der Waals surface area contributed by atoms with Gasteiger partial charge in [-0.05, 0) is 55.0 Å². The van der Waals surface area contributed by atoms with Gasteiger partial charge in [-0.15, -0.1) is 0 Å². The van der Waals surface area contributed by atoms with Gasteiger partial charge in [0.25, 0.3) is 0 Å². The van der Waals surface area contributed by atoms with Crippen LogP contribution in [0.25, 0.3) is 22.0 Å². The van der Waals surface area contributed by atoms with Gasteiger partial charge in [-0.2, -0.15) is 0 Å². The molecule has 0 aliphatic carbocycles. The molecule has 0 unspecified atom stereocenters. The molecule has 0 saturated carbocycles. The molecule has 0 spiro atoms. The number of aromatic amines is 1. The molecule has 0 aliphatic rings. The van der Waals surface area contributed by atoms with Gasteiger partial charge in [-0.3, -0.25) is 0 Å². The lowest BCUT2D eigenvalue weighted by Crippen LogP contribution is -2.05. The van der Waals surface area contributed by atoms with E-state index >= 15 is 0 Å². The molecule has 0 radical (unpaired) electrons. The summed E-state index contributed by atoms with van der Waals surface area (Å²) in [4.78, 5) is 8.00. The number of hydrogen-bond acceptors (Lipinski definition) is 4. The minimum atomic E-state index is -3.78. The second-order valence-corrected chi connectivity index (χ2v) is 8.35. The molecule has 3 aromatic carbocycles. The molecule has 0 amide bonds. The Kier molecular flexibility index (Phi) is 5.18. The molecule has 1 N–H and O–H groups in total. The van der Waals surface area contributed by atoms with Crippen LogP contribution >= 0.6 is 0 Å². The van der Waals surface area contributed by atoms with E-state index in [1.165, 1.54) is 0 Å². The highest BCUT2D eigenvalue weighted by molar-refractivity contribution is 8.00. The monoisotopic (exact) mass is 404 g/mol. The number of nitrogens with one attached hydrogen (secondary N) is 1. The number of rotatable bonds is 6. The molecule has 1 aromatic heterocycles. The number of H-pyrrole nitrogens is 1. The third-order valence-electron chi connectivity index (χ3n) is 4.45. The van der Waals surface area contributed by atoms with Crippen LogP contribution in [0.2, 0.25) is 0 Å². The molecular weight excluding hydrogens is 384 g/mol. The fourth-order valence-corrected chi connectivity index (χ4v) is 4.46. The van der Waals surface area contributed by atoms with Crippen molar-refractivity contribution < 1.29 is 13.2 Å². The van der Waals surface area contributed by atoms with Crippen molar-refractivity contribution >= 4 is 31.9 Å². The number of para-hydroxylation sites is 2. The lowest BCUT2D eigenvalue weighted by Gasteiger charge is -2.08. The maximum Gasteiger partial charge on any atom is 0.210 e. The summed E-state index contributed by atoms with van der Waals surface area (Å²) in [6.07, 6.45) is 1.63. The third kappa shape index (κ3) is 3.93. The van der Waals surface area contributed by atoms with Crippen molar-refractivity contribution in [1.82, 2.24) is 9.97 Å². The van der Waals surface area contributed by atoms with E-state index in [4.69, 9.17) is 4.74 Å². The molecular formula is C23H20N2O3S. The maximum atomic E-state index is 13.4. The van der Waals surface area contributed by atoms with Crippen LogP contribution in [-0.4, -0.2) is 25.0 Å². The molecule has 5 nitrogen and oxygen atoms in total. The van der Waals surface area contributed by atoms with Gasteiger partial charge in [0, 0.05) is 0 Å². The van der Waals surface area contributed by atoms with E-state index < -0.39 is 9.84 Å². The van der Waals surface area contributed by atoms with Crippen LogP contribution in [0, 0.1) is 0 Å². The van der Waals surface area contributed by atoms with Gasteiger partial charge in [0.2, 0.25) is 9.84 Å². The Hall–Kier alpha value is -3.38. The van der Waals surface area contributed by atoms with E-state index in [0.717, 1.165) is 16.8 Å². The zero-order chi connectivity index (χ0) is 20.3. The summed E-state index contributed by atoms with van der Waals surface area (Å²) < 4.78 is 32.3. The van der Waals surface area contributed by atoms with Gasteiger partial charge in [-0.1, -0.05) is 42.5 Å². The zero-order valence-corrected chi connectivity index (χ0v) is 16.7. The molecule has 4 rings (SSSR count). The topological polar surface area (TPSA) is 72.0 Å². The molecule has 146 valence electrons. The van der Waals surface area contributed by atoms with Gasteiger partial charge in [-0.25, -0.2) is 13.4 Å². The maximum absolute atomic E-state index is 13.4. The normalized spacial score (nSPS) is 12.2. The number of nitrogens with zero attached hydrogens (tertiary/aromatic N) is 1. The van der Waals surface area contributed by atoms with Gasteiger partial charge in [0.05, 0.1) is 22.5 Å². The number of aromatic nitrogens is 2. The summed E-state index contributed by atoms with van der Waals surface area (Å²) in [6, 6.07) is 23.1. The van der Waals surface area contributed by atoms with Crippen LogP contribution in [0.3, 0.4) is 0 Å². The summed E-state index contributed by atoms with van der Waals surface area (Å²) in [7, 11) is -3.78. The second kappa shape index (κ2) is 7.93. The van der Waals surface area contributed by atoms with Crippen LogP contribution in [0.5, 0.6) is 5.75 Å². The molecule has 6 heteroatoms. The first-order valence-electron chi connectivity index (χ1n) is 9.28. The van der Waals surface area contributed by atoms with Gasteiger partial charge >= 0.3 is 0 Å². The van der Waals surface area contributed by atoms with E-state index in [9.17, 15) is 8.42 Å². The quantitative estimate of drug-likeness (QED) is 0.494. The fourth-order valence-electron chi connectivity index (χ4n) is 3.05. The Balaban J connectivity index is 1.87. The van der Waals surface area contributed by atoms with Crippen LogP contribution in [-0.2, 0) is 9.84 Å². The van der Waals surface area contributed by atoms with Crippen molar-refractivity contribution in [2.24, 2.45) is 0 Å². The highest BCUT2D eigenvalue weighted by atomic mass is 32.2. The Labute approximate surface area is 169 Å². The Bertz CT molecular complexity index is 1230. The fraction of sp³-hybridized carbons (Fsp3) is 0.0870. The van der Waals surface area contributed by atoms with E-state index in [1.54, 1.807) is 36.4 Å². The SMILES string of the molecule is CCOc1ccc(C=C(c2nc3ccccc3[nH]2)S(=O)(=O)c2ccccc2)cc1. The first-order chi connectivity index (χ1) is 14.1. The molecule has 0 fully saturated rings. The number of sulfone groups is 1. The second-order valence-electron chi connectivity index (χ2n) is 6.43. The summed E-state index contributed by atoms with van der Waals surface area (Å²) >= 11 is 0. The van der Waals surface area contributed by atoms with Crippen molar-refractivity contribution in [2.45, 2.75) is 11.8 Å². The molecule has 0 saturated heterocycles. The minimum absolute atomic E-state index is 0.115. The lowest BCUT2D eigenvalue weighted by atomic mass is 10.2. The predicted molar refractivity (Wildman–Crippen MR) is 115 cm³/mol. The standard InChI is InChI=1S/C23H20N2O3S/c1-2-28-18-14-12-17(13-15-18)16-22(29(26,27)19-8-4-3-5-9-19)23-24-20-10-6-7-11-21(20)25-23/h3-16H,2H2,1H3,(H,24,25). The first kappa shape index (κ1) is 19.0. The van der Waals surface area contributed by atoms with Crippen LogP contribution in [0.1, 0.15) is 18.3 Å². The zero-order valence-electron chi connectivity index (χ0n) is 15.9.